The number of benzene rings is 2. The van der Waals surface area contributed by atoms with Gasteiger partial charge in [-0.05, 0) is 55.8 Å². The van der Waals surface area contributed by atoms with E-state index in [2.05, 4.69) is 10.0 Å². The van der Waals surface area contributed by atoms with E-state index in [9.17, 15) is 18.0 Å². The van der Waals surface area contributed by atoms with Crippen molar-refractivity contribution in [2.45, 2.75) is 31.6 Å². The molecule has 0 atom stereocenters. The van der Waals surface area contributed by atoms with E-state index in [-0.39, 0.29) is 24.3 Å². The van der Waals surface area contributed by atoms with Crippen LogP contribution in [0, 0.1) is 6.92 Å². The van der Waals surface area contributed by atoms with Crippen LogP contribution in [0.5, 0.6) is 5.75 Å². The van der Waals surface area contributed by atoms with Gasteiger partial charge in [-0.2, -0.15) is 0 Å². The van der Waals surface area contributed by atoms with Crippen molar-refractivity contribution in [3.05, 3.63) is 48.0 Å². The van der Waals surface area contributed by atoms with Gasteiger partial charge in [0, 0.05) is 17.8 Å². The van der Waals surface area contributed by atoms with Gasteiger partial charge < -0.3 is 14.8 Å². The molecular weight excluding hydrogens is 396 g/mol. The number of rotatable bonds is 9. The maximum absolute atomic E-state index is 12.7. The minimum Gasteiger partial charge on any atom is -0.497 e. The van der Waals surface area contributed by atoms with Gasteiger partial charge in [0.15, 0.2) is 0 Å². The lowest BCUT2D eigenvalue weighted by atomic mass is 10.2. The predicted molar refractivity (Wildman–Crippen MR) is 109 cm³/mol. The average molecular weight is 420 g/mol. The molecule has 0 radical (unpaired) electrons. The first-order valence-corrected chi connectivity index (χ1v) is 10.5. The lowest BCUT2D eigenvalue weighted by Gasteiger charge is -2.13. The molecule has 0 heterocycles. The van der Waals surface area contributed by atoms with Crippen LogP contribution in [0.2, 0.25) is 0 Å². The smallest absolute Gasteiger partial charge is 0.306 e. The largest absolute Gasteiger partial charge is 0.497 e. The third-order valence-corrected chi connectivity index (χ3v) is 5.38. The number of methoxy groups -OCH3 is 1. The van der Waals surface area contributed by atoms with Gasteiger partial charge >= 0.3 is 5.97 Å². The number of ether oxygens (including phenoxy) is 2. The van der Waals surface area contributed by atoms with Crippen molar-refractivity contribution in [2.24, 2.45) is 0 Å². The molecule has 1 amide bonds. The maximum Gasteiger partial charge on any atom is 0.306 e. The molecule has 9 heteroatoms. The molecule has 0 unspecified atom stereocenters. The molecule has 2 rings (SSSR count). The van der Waals surface area contributed by atoms with E-state index in [0.717, 1.165) is 0 Å². The third kappa shape index (κ3) is 6.49. The molecule has 0 saturated heterocycles. The highest BCUT2D eigenvalue weighted by Gasteiger charge is 2.17. The SMILES string of the molecule is CCOC(=O)CCC(=O)Nc1cc(S(=O)(=O)Nc2ccc(OC)cc2)ccc1C. The van der Waals surface area contributed by atoms with Crippen LogP contribution in [0.3, 0.4) is 0 Å². The zero-order valence-electron chi connectivity index (χ0n) is 16.5. The minimum atomic E-state index is -3.86. The summed E-state index contributed by atoms with van der Waals surface area (Å²) in [5, 5.41) is 2.64. The quantitative estimate of drug-likeness (QED) is 0.603. The highest BCUT2D eigenvalue weighted by atomic mass is 32.2. The second kappa shape index (κ2) is 9.92. The Morgan fingerprint density at radius 3 is 2.34 bits per heavy atom. The summed E-state index contributed by atoms with van der Waals surface area (Å²) in [6.07, 6.45) is -0.102. The lowest BCUT2D eigenvalue weighted by molar-refractivity contribution is -0.144. The number of carbonyl (C=O) groups is 2. The summed E-state index contributed by atoms with van der Waals surface area (Å²) in [6, 6.07) is 10.9. The molecule has 0 bridgehead atoms. The third-order valence-electron chi connectivity index (χ3n) is 4.00. The van der Waals surface area contributed by atoms with Gasteiger partial charge in [0.2, 0.25) is 5.91 Å². The van der Waals surface area contributed by atoms with Crippen LogP contribution < -0.4 is 14.8 Å². The topological polar surface area (TPSA) is 111 Å². The van der Waals surface area contributed by atoms with Crippen LogP contribution in [0.4, 0.5) is 11.4 Å². The summed E-state index contributed by atoms with van der Waals surface area (Å²) in [4.78, 5) is 23.5. The first-order valence-electron chi connectivity index (χ1n) is 8.98. The number of anilines is 2. The number of nitrogens with one attached hydrogen (secondary N) is 2. The van der Waals surface area contributed by atoms with Gasteiger partial charge in [0.25, 0.3) is 10.0 Å². The molecule has 156 valence electrons. The van der Waals surface area contributed by atoms with E-state index in [0.29, 0.717) is 22.7 Å². The molecule has 2 aromatic carbocycles. The Labute approximate surface area is 170 Å². The average Bonchev–Trinajstić information content (AvgIpc) is 2.68. The maximum atomic E-state index is 12.7. The highest BCUT2D eigenvalue weighted by Crippen LogP contribution is 2.23. The van der Waals surface area contributed by atoms with Gasteiger partial charge in [-0.1, -0.05) is 6.07 Å². The highest BCUT2D eigenvalue weighted by molar-refractivity contribution is 7.92. The Morgan fingerprint density at radius 2 is 1.72 bits per heavy atom. The number of hydrogen-bond acceptors (Lipinski definition) is 6. The number of amides is 1. The van der Waals surface area contributed by atoms with Gasteiger partial charge in [0.1, 0.15) is 5.75 Å². The second-order valence-corrected chi connectivity index (χ2v) is 7.85. The van der Waals surface area contributed by atoms with Crippen molar-refractivity contribution < 1.29 is 27.5 Å². The second-order valence-electron chi connectivity index (χ2n) is 6.16. The van der Waals surface area contributed by atoms with Crippen molar-refractivity contribution in [3.63, 3.8) is 0 Å². The lowest BCUT2D eigenvalue weighted by Crippen LogP contribution is -2.17. The zero-order chi connectivity index (χ0) is 21.4. The van der Waals surface area contributed by atoms with Crippen LogP contribution in [0.15, 0.2) is 47.4 Å². The molecule has 0 saturated carbocycles. The van der Waals surface area contributed by atoms with Crippen LogP contribution in [0.1, 0.15) is 25.3 Å². The number of esters is 1. The van der Waals surface area contributed by atoms with Crippen LogP contribution in [0.25, 0.3) is 0 Å². The van der Waals surface area contributed by atoms with Crippen LogP contribution in [-0.4, -0.2) is 34.0 Å². The van der Waals surface area contributed by atoms with Gasteiger partial charge in [-0.15, -0.1) is 0 Å². The van der Waals surface area contributed by atoms with Crippen molar-refractivity contribution in [1.29, 1.82) is 0 Å². The first kappa shape index (κ1) is 22.2. The fourth-order valence-corrected chi connectivity index (χ4v) is 3.52. The molecule has 8 nitrogen and oxygen atoms in total. The summed E-state index contributed by atoms with van der Waals surface area (Å²) in [5.41, 5.74) is 1.43. The van der Waals surface area contributed by atoms with E-state index < -0.39 is 21.9 Å². The zero-order valence-corrected chi connectivity index (χ0v) is 17.3. The molecule has 0 fully saturated rings. The molecule has 0 aliphatic heterocycles. The first-order chi connectivity index (χ1) is 13.7. The Hall–Kier alpha value is -3.07. The molecule has 0 aromatic heterocycles. The molecule has 29 heavy (non-hydrogen) atoms. The molecule has 0 aliphatic carbocycles. The van der Waals surface area contributed by atoms with E-state index in [4.69, 9.17) is 9.47 Å². The van der Waals surface area contributed by atoms with E-state index in [1.165, 1.54) is 19.2 Å². The van der Waals surface area contributed by atoms with Gasteiger partial charge in [0.05, 0.1) is 25.0 Å². The molecule has 2 N–H and O–H groups in total. The van der Waals surface area contributed by atoms with Crippen molar-refractivity contribution >= 4 is 33.3 Å². The standard InChI is InChI=1S/C20H24N2O6S/c1-4-28-20(24)12-11-19(23)21-18-13-17(10-5-14(18)2)29(25,26)22-15-6-8-16(27-3)9-7-15/h5-10,13,22H,4,11-12H2,1-3H3,(H,21,23). The summed E-state index contributed by atoms with van der Waals surface area (Å²) < 4.78 is 37.7. The van der Waals surface area contributed by atoms with Crippen molar-refractivity contribution in [1.82, 2.24) is 0 Å². The molecular formula is C20H24N2O6S. The normalized spacial score (nSPS) is 10.9. The monoisotopic (exact) mass is 420 g/mol. The summed E-state index contributed by atoms with van der Waals surface area (Å²) in [5.74, 6) is -0.255. The van der Waals surface area contributed by atoms with Gasteiger partial charge in [-0.25, -0.2) is 8.42 Å². The fourth-order valence-electron chi connectivity index (χ4n) is 2.44. The summed E-state index contributed by atoms with van der Waals surface area (Å²) in [7, 11) is -2.34. The van der Waals surface area contributed by atoms with E-state index >= 15 is 0 Å². The number of sulfonamides is 1. The van der Waals surface area contributed by atoms with E-state index in [1.807, 2.05) is 0 Å². The van der Waals surface area contributed by atoms with Gasteiger partial charge in [-0.3, -0.25) is 14.3 Å². The number of aryl methyl sites for hydroxylation is 1. The number of carbonyl (C=O) groups excluding carboxylic acids is 2. The molecule has 0 spiro atoms. The minimum absolute atomic E-state index is 0.000360. The van der Waals surface area contributed by atoms with Crippen molar-refractivity contribution in [3.8, 4) is 5.75 Å². The van der Waals surface area contributed by atoms with Crippen LogP contribution in [-0.2, 0) is 24.3 Å². The Morgan fingerprint density at radius 1 is 1.03 bits per heavy atom. The molecule has 2 aromatic rings. The van der Waals surface area contributed by atoms with Crippen molar-refractivity contribution in [2.75, 3.05) is 23.8 Å². The predicted octanol–water partition coefficient (Wildman–Crippen LogP) is 3.09. The van der Waals surface area contributed by atoms with Crippen LogP contribution >= 0.6 is 0 Å². The number of hydrogen-bond donors (Lipinski definition) is 2. The summed E-state index contributed by atoms with van der Waals surface area (Å²) >= 11 is 0. The Kier molecular flexibility index (Phi) is 7.60. The Bertz CT molecular complexity index is 971. The Balaban J connectivity index is 2.11. The summed E-state index contributed by atoms with van der Waals surface area (Å²) in [6.45, 7) is 3.68. The molecule has 0 aliphatic rings. The fraction of sp³-hybridized carbons (Fsp3) is 0.300. The van der Waals surface area contributed by atoms with E-state index in [1.54, 1.807) is 44.2 Å².